The zero-order valence-electron chi connectivity index (χ0n) is 13.7. The topological polar surface area (TPSA) is 64.6 Å². The minimum Gasteiger partial charge on any atom is -0.494 e. The van der Waals surface area contributed by atoms with Crippen LogP contribution >= 0.6 is 15.9 Å². The average Bonchev–Trinajstić information content (AvgIpc) is 2.60. The first-order chi connectivity index (χ1) is 12.1. The molecule has 0 unspecified atom stereocenters. The summed E-state index contributed by atoms with van der Waals surface area (Å²) in [6, 6.07) is 14.4. The van der Waals surface area contributed by atoms with E-state index in [0.29, 0.717) is 12.3 Å². The predicted molar refractivity (Wildman–Crippen MR) is 100 cm³/mol. The van der Waals surface area contributed by atoms with Crippen LogP contribution in [0.5, 0.6) is 5.75 Å². The summed E-state index contributed by atoms with van der Waals surface area (Å²) >= 11 is 3.32. The lowest BCUT2D eigenvalue weighted by molar-refractivity contribution is -0.142. The van der Waals surface area contributed by atoms with Gasteiger partial charge in [-0.3, -0.25) is 4.79 Å². The third-order valence-corrected chi connectivity index (χ3v) is 3.55. The number of benzene rings is 2. The molecule has 0 radical (unpaired) electrons. The van der Waals surface area contributed by atoms with E-state index in [9.17, 15) is 9.59 Å². The number of rotatable bonds is 7. The van der Waals surface area contributed by atoms with Crippen LogP contribution in [0.3, 0.4) is 0 Å². The van der Waals surface area contributed by atoms with Crippen LogP contribution < -0.4 is 10.1 Å². The molecule has 0 bridgehead atoms. The largest absolute Gasteiger partial charge is 0.494 e. The van der Waals surface area contributed by atoms with Crippen molar-refractivity contribution in [1.82, 2.24) is 0 Å². The number of ether oxygens (including phenoxy) is 2. The summed E-state index contributed by atoms with van der Waals surface area (Å²) in [5, 5.41) is 2.65. The highest BCUT2D eigenvalue weighted by Gasteiger charge is 2.06. The first-order valence-corrected chi connectivity index (χ1v) is 8.49. The standard InChI is InChI=1S/C19H18BrNO4/c1-2-24-17-9-6-14(7-10-17)8-11-19(23)25-13-18(22)21-16-5-3-4-15(20)12-16/h3-12H,2,13H2,1H3,(H,21,22)/b11-8+. The van der Waals surface area contributed by atoms with Crippen LogP contribution in [-0.2, 0) is 14.3 Å². The van der Waals surface area contributed by atoms with Crippen LogP contribution in [0.15, 0.2) is 59.1 Å². The van der Waals surface area contributed by atoms with Crippen molar-refractivity contribution in [3.63, 3.8) is 0 Å². The minimum absolute atomic E-state index is 0.348. The summed E-state index contributed by atoms with van der Waals surface area (Å²) in [5.74, 6) is -0.217. The van der Waals surface area contributed by atoms with E-state index in [1.54, 1.807) is 24.3 Å². The molecule has 2 aromatic carbocycles. The van der Waals surface area contributed by atoms with Gasteiger partial charge in [-0.1, -0.05) is 34.1 Å². The molecule has 1 N–H and O–H groups in total. The second kappa shape index (κ2) is 9.64. The van der Waals surface area contributed by atoms with Crippen molar-refractivity contribution in [2.45, 2.75) is 6.92 Å². The summed E-state index contributed by atoms with van der Waals surface area (Å²) < 4.78 is 11.1. The maximum absolute atomic E-state index is 11.8. The fraction of sp³-hybridized carbons (Fsp3) is 0.158. The predicted octanol–water partition coefficient (Wildman–Crippen LogP) is 4.04. The smallest absolute Gasteiger partial charge is 0.331 e. The molecular formula is C19H18BrNO4. The van der Waals surface area contributed by atoms with Gasteiger partial charge in [-0.15, -0.1) is 0 Å². The van der Waals surface area contributed by atoms with Gasteiger partial charge < -0.3 is 14.8 Å². The van der Waals surface area contributed by atoms with Gasteiger partial charge in [0.1, 0.15) is 5.75 Å². The Morgan fingerprint density at radius 2 is 1.92 bits per heavy atom. The van der Waals surface area contributed by atoms with Crippen molar-refractivity contribution in [3.05, 3.63) is 64.6 Å². The molecule has 0 aromatic heterocycles. The Hall–Kier alpha value is -2.60. The molecule has 130 valence electrons. The lowest BCUT2D eigenvalue weighted by Crippen LogP contribution is -2.20. The number of carbonyl (C=O) groups is 2. The maximum atomic E-state index is 11.8. The van der Waals surface area contributed by atoms with Gasteiger partial charge in [0.15, 0.2) is 6.61 Å². The number of hydrogen-bond acceptors (Lipinski definition) is 4. The lowest BCUT2D eigenvalue weighted by Gasteiger charge is -2.05. The highest BCUT2D eigenvalue weighted by Crippen LogP contribution is 2.15. The fourth-order valence-corrected chi connectivity index (χ4v) is 2.35. The molecule has 0 aliphatic rings. The van der Waals surface area contributed by atoms with E-state index in [-0.39, 0.29) is 6.61 Å². The molecule has 2 rings (SSSR count). The quantitative estimate of drug-likeness (QED) is 0.559. The van der Waals surface area contributed by atoms with Crippen molar-refractivity contribution >= 4 is 39.6 Å². The van der Waals surface area contributed by atoms with E-state index in [4.69, 9.17) is 9.47 Å². The first kappa shape index (κ1) is 18.7. The van der Waals surface area contributed by atoms with Gasteiger partial charge in [0.2, 0.25) is 0 Å². The van der Waals surface area contributed by atoms with Gasteiger partial charge in [-0.25, -0.2) is 4.79 Å². The molecule has 5 nitrogen and oxygen atoms in total. The molecule has 1 amide bonds. The summed E-state index contributed by atoms with van der Waals surface area (Å²) in [4.78, 5) is 23.4. The first-order valence-electron chi connectivity index (χ1n) is 7.70. The number of nitrogens with one attached hydrogen (secondary N) is 1. The van der Waals surface area contributed by atoms with E-state index < -0.39 is 11.9 Å². The third kappa shape index (κ3) is 6.81. The molecule has 0 aliphatic carbocycles. The second-order valence-corrected chi connectivity index (χ2v) is 5.92. The normalized spacial score (nSPS) is 10.5. The van der Waals surface area contributed by atoms with Crippen molar-refractivity contribution < 1.29 is 19.1 Å². The highest BCUT2D eigenvalue weighted by atomic mass is 79.9. The maximum Gasteiger partial charge on any atom is 0.331 e. The summed E-state index contributed by atoms with van der Waals surface area (Å²) in [6.45, 7) is 2.17. The third-order valence-electron chi connectivity index (χ3n) is 3.06. The molecule has 0 aliphatic heterocycles. The van der Waals surface area contributed by atoms with E-state index in [0.717, 1.165) is 15.8 Å². The number of hydrogen-bond donors (Lipinski definition) is 1. The molecule has 0 heterocycles. The number of esters is 1. The van der Waals surface area contributed by atoms with Gasteiger partial charge in [-0.05, 0) is 48.9 Å². The number of anilines is 1. The van der Waals surface area contributed by atoms with Gasteiger partial charge in [0.05, 0.1) is 6.61 Å². The van der Waals surface area contributed by atoms with Crippen LogP contribution in [0.4, 0.5) is 5.69 Å². The van der Waals surface area contributed by atoms with Crippen molar-refractivity contribution in [1.29, 1.82) is 0 Å². The Labute approximate surface area is 154 Å². The fourth-order valence-electron chi connectivity index (χ4n) is 1.95. The molecule has 0 spiro atoms. The van der Waals surface area contributed by atoms with E-state index >= 15 is 0 Å². The van der Waals surface area contributed by atoms with Crippen LogP contribution in [0, 0.1) is 0 Å². The minimum atomic E-state index is -0.585. The van der Waals surface area contributed by atoms with E-state index in [1.807, 2.05) is 37.3 Å². The van der Waals surface area contributed by atoms with Crippen LogP contribution in [0.25, 0.3) is 6.08 Å². The Bertz CT molecular complexity index is 756. The van der Waals surface area contributed by atoms with Gasteiger partial charge in [0, 0.05) is 16.2 Å². The molecular weight excluding hydrogens is 386 g/mol. The number of halogens is 1. The van der Waals surface area contributed by atoms with Crippen molar-refractivity contribution in [3.8, 4) is 5.75 Å². The van der Waals surface area contributed by atoms with Crippen LogP contribution in [0.2, 0.25) is 0 Å². The molecule has 0 saturated carbocycles. The lowest BCUT2D eigenvalue weighted by atomic mass is 10.2. The van der Waals surface area contributed by atoms with E-state index in [1.165, 1.54) is 6.08 Å². The van der Waals surface area contributed by atoms with Crippen LogP contribution in [-0.4, -0.2) is 25.1 Å². The van der Waals surface area contributed by atoms with Gasteiger partial charge >= 0.3 is 5.97 Å². The zero-order chi connectivity index (χ0) is 18.1. The monoisotopic (exact) mass is 403 g/mol. The Morgan fingerprint density at radius 1 is 1.16 bits per heavy atom. The van der Waals surface area contributed by atoms with Crippen molar-refractivity contribution in [2.24, 2.45) is 0 Å². The van der Waals surface area contributed by atoms with Crippen molar-refractivity contribution in [2.75, 3.05) is 18.5 Å². The Kier molecular flexibility index (Phi) is 7.22. The number of carbonyl (C=O) groups excluding carboxylic acids is 2. The molecule has 0 fully saturated rings. The second-order valence-electron chi connectivity index (χ2n) is 5.00. The SMILES string of the molecule is CCOc1ccc(/C=C/C(=O)OCC(=O)Nc2cccc(Br)c2)cc1. The summed E-state index contributed by atoms with van der Waals surface area (Å²) in [7, 11) is 0. The Morgan fingerprint density at radius 3 is 2.60 bits per heavy atom. The molecule has 25 heavy (non-hydrogen) atoms. The molecule has 6 heteroatoms. The van der Waals surface area contributed by atoms with E-state index in [2.05, 4.69) is 21.2 Å². The summed E-state index contributed by atoms with van der Waals surface area (Å²) in [5.41, 5.74) is 1.46. The molecule has 0 saturated heterocycles. The van der Waals surface area contributed by atoms with Gasteiger partial charge in [0.25, 0.3) is 5.91 Å². The summed E-state index contributed by atoms with van der Waals surface area (Å²) in [6.07, 6.45) is 2.90. The molecule has 2 aromatic rings. The van der Waals surface area contributed by atoms with Crippen LogP contribution in [0.1, 0.15) is 12.5 Å². The van der Waals surface area contributed by atoms with Gasteiger partial charge in [-0.2, -0.15) is 0 Å². The highest BCUT2D eigenvalue weighted by molar-refractivity contribution is 9.10. The zero-order valence-corrected chi connectivity index (χ0v) is 15.3. The average molecular weight is 404 g/mol. The Balaban J connectivity index is 1.78. The molecule has 0 atom stereocenters. The number of amides is 1.